The fourth-order valence-corrected chi connectivity index (χ4v) is 4.98. The molecule has 2 N–H and O–H groups in total. The van der Waals surface area contributed by atoms with Crippen LogP contribution < -0.4 is 15.7 Å². The molecule has 2 saturated heterocycles. The largest absolute Gasteiger partial charge is 0.507 e. The summed E-state index contributed by atoms with van der Waals surface area (Å²) in [5, 5.41) is 22.8. The number of nitrogens with one attached hydrogen (secondary N) is 1. The van der Waals surface area contributed by atoms with Gasteiger partial charge in [0.2, 0.25) is 5.88 Å². The summed E-state index contributed by atoms with van der Waals surface area (Å²) in [7, 11) is 1.58. The molecule has 1 aromatic carbocycles. The van der Waals surface area contributed by atoms with Crippen molar-refractivity contribution in [1.82, 2.24) is 30.0 Å². The molecular weight excluding hydrogens is 408 g/mol. The fourth-order valence-electron chi connectivity index (χ4n) is 4.98. The lowest BCUT2D eigenvalue weighted by molar-refractivity contribution is 0.0754. The van der Waals surface area contributed by atoms with Gasteiger partial charge in [-0.3, -0.25) is 4.57 Å². The van der Waals surface area contributed by atoms with Crippen molar-refractivity contribution in [3.05, 3.63) is 47.1 Å². The maximum absolute atomic E-state index is 11.8. The monoisotopic (exact) mass is 434 g/mol. The summed E-state index contributed by atoms with van der Waals surface area (Å²) in [6.45, 7) is 4.51. The third kappa shape index (κ3) is 3.84. The molecule has 9 heteroatoms. The molecule has 0 aliphatic carbocycles. The Morgan fingerprint density at radius 3 is 2.50 bits per heavy atom. The molecule has 3 aromatic rings. The van der Waals surface area contributed by atoms with Crippen molar-refractivity contribution in [3.63, 3.8) is 0 Å². The number of fused-ring (bicyclic) bond motifs is 2. The zero-order valence-corrected chi connectivity index (χ0v) is 18.4. The Bertz CT molecular complexity index is 1210. The predicted molar refractivity (Wildman–Crippen MR) is 118 cm³/mol. The Balaban J connectivity index is 1.33. The maximum Gasteiger partial charge on any atom is 0.350 e. The lowest BCUT2D eigenvalue weighted by atomic mass is 9.86. The topological polar surface area (TPSA) is 115 Å². The zero-order valence-electron chi connectivity index (χ0n) is 18.4. The van der Waals surface area contributed by atoms with Crippen LogP contribution in [0.25, 0.3) is 22.6 Å². The van der Waals surface area contributed by atoms with Crippen LogP contribution in [0, 0.1) is 0 Å². The predicted octanol–water partition coefficient (Wildman–Crippen LogP) is 2.45. The van der Waals surface area contributed by atoms with Gasteiger partial charge in [-0.15, -0.1) is 10.2 Å². The van der Waals surface area contributed by atoms with Gasteiger partial charge in [0.1, 0.15) is 18.2 Å². The summed E-state index contributed by atoms with van der Waals surface area (Å²) in [6.07, 6.45) is 5.70. The van der Waals surface area contributed by atoms with Crippen LogP contribution in [0.15, 0.2) is 41.5 Å². The van der Waals surface area contributed by atoms with Crippen molar-refractivity contribution < 1.29 is 9.84 Å². The van der Waals surface area contributed by atoms with Crippen LogP contribution in [0.5, 0.6) is 11.6 Å². The summed E-state index contributed by atoms with van der Waals surface area (Å²) in [4.78, 5) is 19.8. The van der Waals surface area contributed by atoms with Gasteiger partial charge in [0.25, 0.3) is 0 Å². The molecule has 2 fully saturated rings. The molecule has 0 saturated carbocycles. The van der Waals surface area contributed by atoms with Crippen LogP contribution in [0.4, 0.5) is 0 Å². The van der Waals surface area contributed by atoms with Crippen molar-refractivity contribution in [2.24, 2.45) is 7.05 Å². The van der Waals surface area contributed by atoms with Crippen LogP contribution in [0.1, 0.15) is 39.5 Å². The first kappa shape index (κ1) is 20.6. The van der Waals surface area contributed by atoms with Gasteiger partial charge in [-0.1, -0.05) is 6.07 Å². The van der Waals surface area contributed by atoms with Gasteiger partial charge >= 0.3 is 5.69 Å². The van der Waals surface area contributed by atoms with Gasteiger partial charge in [-0.25, -0.2) is 9.78 Å². The highest BCUT2D eigenvalue weighted by Gasteiger charge is 2.49. The molecule has 5 rings (SSSR count). The Morgan fingerprint density at radius 1 is 1.12 bits per heavy atom. The van der Waals surface area contributed by atoms with Crippen molar-refractivity contribution in [2.75, 3.05) is 0 Å². The lowest BCUT2D eigenvalue weighted by Gasteiger charge is -2.41. The second kappa shape index (κ2) is 7.37. The van der Waals surface area contributed by atoms with E-state index in [1.807, 2.05) is 0 Å². The van der Waals surface area contributed by atoms with Crippen molar-refractivity contribution in [3.8, 4) is 34.3 Å². The molecule has 32 heavy (non-hydrogen) atoms. The van der Waals surface area contributed by atoms with Crippen LogP contribution in [-0.4, -0.2) is 47.0 Å². The molecule has 2 aromatic heterocycles. The number of aryl methyl sites for hydroxylation is 1. The van der Waals surface area contributed by atoms with Crippen LogP contribution in [-0.2, 0) is 7.05 Å². The van der Waals surface area contributed by atoms with E-state index in [1.54, 1.807) is 31.3 Å². The molecule has 0 radical (unpaired) electrons. The number of aromatic nitrogens is 5. The second-order valence-corrected chi connectivity index (χ2v) is 9.46. The Morgan fingerprint density at radius 2 is 1.88 bits per heavy atom. The fraction of sp³-hybridized carbons (Fsp3) is 0.435. The number of rotatable bonds is 4. The van der Waals surface area contributed by atoms with Crippen molar-refractivity contribution >= 4 is 0 Å². The van der Waals surface area contributed by atoms with Crippen molar-refractivity contribution in [2.45, 2.75) is 56.7 Å². The molecule has 0 spiro atoms. The van der Waals surface area contributed by atoms with E-state index in [0.717, 1.165) is 25.7 Å². The van der Waals surface area contributed by atoms with E-state index in [1.165, 1.54) is 17.0 Å². The number of hydrogen-bond acceptors (Lipinski definition) is 8. The van der Waals surface area contributed by atoms with Crippen LogP contribution >= 0.6 is 0 Å². The number of benzene rings is 1. The first-order valence-corrected chi connectivity index (χ1v) is 10.8. The molecule has 0 amide bonds. The first-order chi connectivity index (χ1) is 15.2. The molecule has 166 valence electrons. The van der Waals surface area contributed by atoms with Gasteiger partial charge in [0, 0.05) is 48.2 Å². The molecular formula is C23H26N6O3. The minimum Gasteiger partial charge on any atom is -0.507 e. The first-order valence-electron chi connectivity index (χ1n) is 10.8. The second-order valence-electron chi connectivity index (χ2n) is 9.46. The third-order valence-electron chi connectivity index (χ3n) is 6.50. The van der Waals surface area contributed by atoms with E-state index >= 15 is 0 Å². The van der Waals surface area contributed by atoms with E-state index in [0.29, 0.717) is 22.7 Å². The number of ether oxygens (including phenoxy) is 1. The van der Waals surface area contributed by atoms with Crippen LogP contribution in [0.2, 0.25) is 0 Å². The highest BCUT2D eigenvalue weighted by atomic mass is 16.5. The summed E-state index contributed by atoms with van der Waals surface area (Å²) in [6, 6.07) is 8.53. The Labute approximate surface area is 185 Å². The number of piperidine rings is 1. The van der Waals surface area contributed by atoms with E-state index in [-0.39, 0.29) is 28.8 Å². The average molecular weight is 435 g/mol. The Kier molecular flexibility index (Phi) is 4.74. The molecule has 4 heterocycles. The van der Waals surface area contributed by atoms with E-state index in [2.05, 4.69) is 39.3 Å². The van der Waals surface area contributed by atoms with Crippen molar-refractivity contribution in [1.29, 1.82) is 0 Å². The van der Waals surface area contributed by atoms with Crippen LogP contribution in [0.3, 0.4) is 0 Å². The summed E-state index contributed by atoms with van der Waals surface area (Å²) < 4.78 is 7.45. The molecule has 2 bridgehead atoms. The Hall–Kier alpha value is -3.33. The van der Waals surface area contributed by atoms with E-state index < -0.39 is 5.69 Å². The summed E-state index contributed by atoms with van der Waals surface area (Å²) in [5.74, 6) is 0.741. The molecule has 2 aliphatic heterocycles. The van der Waals surface area contributed by atoms with Gasteiger partial charge in [0.05, 0.1) is 5.69 Å². The molecule has 2 aliphatic rings. The van der Waals surface area contributed by atoms with Gasteiger partial charge in [-0.2, -0.15) is 4.98 Å². The lowest BCUT2D eigenvalue weighted by Crippen LogP contribution is -2.56. The normalized spacial score (nSPS) is 26.8. The highest BCUT2D eigenvalue weighted by Crippen LogP contribution is 2.43. The third-order valence-corrected chi connectivity index (χ3v) is 6.50. The standard InChI is InChI=1S/C23H26N6O3/c1-22-8-9-23(2,28-22)12-15(11-22)32-19-7-6-17(26-27-19)16-5-4-14(10-18(16)30)20-24-13-29(3)21(31)25-20/h4-7,10,13,15,28,30H,8-9,11-12H2,1-3H3. The van der Waals surface area contributed by atoms with Gasteiger partial charge in [-0.05, 0) is 44.9 Å². The minimum absolute atomic E-state index is 0.00512. The van der Waals surface area contributed by atoms with E-state index in [9.17, 15) is 9.90 Å². The minimum atomic E-state index is -0.412. The number of hydrogen-bond donors (Lipinski definition) is 2. The highest BCUT2D eigenvalue weighted by molar-refractivity contribution is 5.71. The van der Waals surface area contributed by atoms with Gasteiger partial charge < -0.3 is 15.2 Å². The maximum atomic E-state index is 11.8. The summed E-state index contributed by atoms with van der Waals surface area (Å²) >= 11 is 0. The number of phenols is 1. The average Bonchev–Trinajstić information content (AvgIpc) is 2.98. The number of aromatic hydroxyl groups is 1. The zero-order chi connectivity index (χ0) is 22.5. The van der Waals surface area contributed by atoms with E-state index in [4.69, 9.17) is 4.74 Å². The quantitative estimate of drug-likeness (QED) is 0.643. The molecule has 2 atom stereocenters. The van der Waals surface area contributed by atoms with Gasteiger partial charge in [0.15, 0.2) is 5.82 Å². The molecule has 2 unspecified atom stereocenters. The number of phenolic OH excluding ortho intramolecular Hbond substituents is 1. The summed E-state index contributed by atoms with van der Waals surface area (Å²) in [5.41, 5.74) is 1.41. The molecule has 9 nitrogen and oxygen atoms in total. The SMILES string of the molecule is Cn1cnc(-c2ccc(-c3ccc(OC4CC5(C)CCC(C)(C4)N5)nn3)c(O)c2)nc1=O. The number of nitrogens with zero attached hydrogens (tertiary/aromatic N) is 5. The smallest absolute Gasteiger partial charge is 0.350 e.